The molecule has 0 bridgehead atoms. The van der Waals surface area contributed by atoms with Crippen LogP contribution in [0.3, 0.4) is 0 Å². The van der Waals surface area contributed by atoms with E-state index in [2.05, 4.69) is 34.2 Å². The van der Waals surface area contributed by atoms with Crippen LogP contribution in [0.4, 0.5) is 0 Å². The van der Waals surface area contributed by atoms with Crippen molar-refractivity contribution in [1.29, 1.82) is 0 Å². The number of ether oxygens (including phenoxy) is 1. The van der Waals surface area contributed by atoms with E-state index in [0.29, 0.717) is 37.8 Å². The molecule has 2 heterocycles. The standard InChI is InChI=1S/C27H28N4O3/c1-3-33-24-12-10-22(11-13-24)27-29-25(34-30-27)14-15-26(32)31(18-21-8-6-16-28-17-21)19-23-9-5-4-7-20(23)2/h4-13,16-17H,3,14-15,18-19H2,1-2H3. The molecule has 0 aliphatic heterocycles. The van der Waals surface area contributed by atoms with Crippen molar-refractivity contribution in [3.05, 3.63) is 95.6 Å². The summed E-state index contributed by atoms with van der Waals surface area (Å²) in [4.78, 5) is 23.7. The maximum atomic E-state index is 13.2. The molecular weight excluding hydrogens is 428 g/mol. The average Bonchev–Trinajstić information content (AvgIpc) is 3.34. The van der Waals surface area contributed by atoms with Gasteiger partial charge in [-0.1, -0.05) is 35.5 Å². The van der Waals surface area contributed by atoms with E-state index in [1.165, 1.54) is 0 Å². The third-order valence-electron chi connectivity index (χ3n) is 5.52. The molecule has 0 saturated heterocycles. The molecular formula is C27H28N4O3. The van der Waals surface area contributed by atoms with Crippen LogP contribution in [-0.4, -0.2) is 32.5 Å². The van der Waals surface area contributed by atoms with Crippen molar-refractivity contribution in [2.45, 2.75) is 39.8 Å². The van der Waals surface area contributed by atoms with E-state index in [1.807, 2.05) is 60.4 Å². The second kappa shape index (κ2) is 11.2. The minimum absolute atomic E-state index is 0.0212. The number of aromatic nitrogens is 3. The molecule has 0 aliphatic carbocycles. The summed E-state index contributed by atoms with van der Waals surface area (Å²) < 4.78 is 10.9. The zero-order chi connectivity index (χ0) is 23.8. The van der Waals surface area contributed by atoms with Crippen molar-refractivity contribution < 1.29 is 14.1 Å². The molecule has 0 unspecified atom stereocenters. The number of aryl methyl sites for hydroxylation is 2. The van der Waals surface area contributed by atoms with Gasteiger partial charge in [0.1, 0.15) is 5.75 Å². The number of pyridine rings is 1. The van der Waals surface area contributed by atoms with Crippen molar-refractivity contribution in [2.24, 2.45) is 0 Å². The van der Waals surface area contributed by atoms with Gasteiger partial charge < -0.3 is 14.2 Å². The Kier molecular flexibility index (Phi) is 7.65. The van der Waals surface area contributed by atoms with Gasteiger partial charge in [-0.3, -0.25) is 9.78 Å². The zero-order valence-electron chi connectivity index (χ0n) is 19.5. The van der Waals surface area contributed by atoms with Gasteiger partial charge in [0, 0.05) is 43.9 Å². The molecule has 174 valence electrons. The number of rotatable bonds is 10. The Hall–Kier alpha value is -4.00. The van der Waals surface area contributed by atoms with Crippen LogP contribution in [0.15, 0.2) is 77.6 Å². The monoisotopic (exact) mass is 456 g/mol. The van der Waals surface area contributed by atoms with Crippen LogP contribution in [0.5, 0.6) is 5.75 Å². The maximum Gasteiger partial charge on any atom is 0.227 e. The summed E-state index contributed by atoms with van der Waals surface area (Å²) in [6.45, 7) is 5.63. The molecule has 0 N–H and O–H groups in total. The Bertz CT molecular complexity index is 1210. The highest BCUT2D eigenvalue weighted by molar-refractivity contribution is 5.76. The fourth-order valence-corrected chi connectivity index (χ4v) is 3.65. The lowest BCUT2D eigenvalue weighted by Crippen LogP contribution is -2.30. The van der Waals surface area contributed by atoms with E-state index in [1.54, 1.807) is 12.4 Å². The SMILES string of the molecule is CCOc1ccc(-c2noc(CCC(=O)N(Cc3cccnc3)Cc3ccccc3C)n2)cc1. The molecule has 0 fully saturated rings. The maximum absolute atomic E-state index is 13.2. The van der Waals surface area contributed by atoms with Crippen molar-refractivity contribution in [1.82, 2.24) is 20.0 Å². The first-order valence-electron chi connectivity index (χ1n) is 11.4. The van der Waals surface area contributed by atoms with Crippen LogP contribution < -0.4 is 4.74 Å². The van der Waals surface area contributed by atoms with Crippen LogP contribution in [-0.2, 0) is 24.3 Å². The van der Waals surface area contributed by atoms with Crippen molar-refractivity contribution in [3.8, 4) is 17.1 Å². The molecule has 0 radical (unpaired) electrons. The Morgan fingerprint density at radius 3 is 2.59 bits per heavy atom. The molecule has 2 aromatic heterocycles. The Morgan fingerprint density at radius 1 is 1.03 bits per heavy atom. The fraction of sp³-hybridized carbons (Fsp3) is 0.259. The lowest BCUT2D eigenvalue weighted by molar-refractivity contribution is -0.132. The molecule has 4 aromatic rings. The second-order valence-electron chi connectivity index (χ2n) is 8.01. The van der Waals surface area contributed by atoms with Gasteiger partial charge in [0.2, 0.25) is 17.6 Å². The Balaban J connectivity index is 1.42. The molecule has 7 nitrogen and oxygen atoms in total. The normalized spacial score (nSPS) is 10.8. The van der Waals surface area contributed by atoms with Crippen LogP contribution in [0.2, 0.25) is 0 Å². The van der Waals surface area contributed by atoms with E-state index >= 15 is 0 Å². The molecule has 1 amide bonds. The van der Waals surface area contributed by atoms with E-state index in [9.17, 15) is 4.79 Å². The zero-order valence-corrected chi connectivity index (χ0v) is 19.5. The summed E-state index contributed by atoms with van der Waals surface area (Å²) in [5.41, 5.74) is 4.10. The summed E-state index contributed by atoms with van der Waals surface area (Å²) in [6, 6.07) is 19.5. The van der Waals surface area contributed by atoms with E-state index < -0.39 is 0 Å². The van der Waals surface area contributed by atoms with Gasteiger partial charge in [-0.2, -0.15) is 4.98 Å². The average molecular weight is 457 g/mol. The van der Waals surface area contributed by atoms with Gasteiger partial charge in [0.05, 0.1) is 6.61 Å². The first-order valence-corrected chi connectivity index (χ1v) is 11.4. The Morgan fingerprint density at radius 2 is 1.85 bits per heavy atom. The highest BCUT2D eigenvalue weighted by atomic mass is 16.5. The van der Waals surface area contributed by atoms with Crippen LogP contribution in [0.25, 0.3) is 11.4 Å². The van der Waals surface area contributed by atoms with Crippen molar-refractivity contribution in [2.75, 3.05) is 6.61 Å². The quantitative estimate of drug-likeness (QED) is 0.334. The second-order valence-corrected chi connectivity index (χ2v) is 8.01. The smallest absolute Gasteiger partial charge is 0.227 e. The minimum atomic E-state index is 0.0212. The van der Waals surface area contributed by atoms with Gasteiger partial charge in [-0.05, 0) is 60.9 Å². The highest BCUT2D eigenvalue weighted by Crippen LogP contribution is 2.21. The first kappa shape index (κ1) is 23.2. The minimum Gasteiger partial charge on any atom is -0.494 e. The number of nitrogens with zero attached hydrogens (tertiary/aromatic N) is 4. The molecule has 34 heavy (non-hydrogen) atoms. The fourth-order valence-electron chi connectivity index (χ4n) is 3.65. The van der Waals surface area contributed by atoms with Crippen LogP contribution in [0, 0.1) is 6.92 Å². The summed E-state index contributed by atoms with van der Waals surface area (Å²) in [5, 5.41) is 4.07. The molecule has 7 heteroatoms. The lowest BCUT2D eigenvalue weighted by Gasteiger charge is -2.23. The van der Waals surface area contributed by atoms with Gasteiger partial charge >= 0.3 is 0 Å². The van der Waals surface area contributed by atoms with Crippen LogP contribution in [0.1, 0.15) is 35.9 Å². The van der Waals surface area contributed by atoms with Crippen molar-refractivity contribution >= 4 is 5.91 Å². The predicted molar refractivity (Wildman–Crippen MR) is 129 cm³/mol. The summed E-state index contributed by atoms with van der Waals surface area (Å²) in [6.07, 6.45) is 4.17. The number of carbonyl (C=O) groups excluding carboxylic acids is 1. The van der Waals surface area contributed by atoms with E-state index in [0.717, 1.165) is 28.0 Å². The highest BCUT2D eigenvalue weighted by Gasteiger charge is 2.18. The third-order valence-corrected chi connectivity index (χ3v) is 5.52. The molecule has 4 rings (SSSR count). The molecule has 0 atom stereocenters. The van der Waals surface area contributed by atoms with E-state index in [-0.39, 0.29) is 12.3 Å². The largest absolute Gasteiger partial charge is 0.494 e. The number of carbonyl (C=O) groups is 1. The molecule has 0 spiro atoms. The van der Waals surface area contributed by atoms with Crippen molar-refractivity contribution in [3.63, 3.8) is 0 Å². The van der Waals surface area contributed by atoms with Gasteiger partial charge in [0.25, 0.3) is 0 Å². The van der Waals surface area contributed by atoms with Crippen LogP contribution >= 0.6 is 0 Å². The molecule has 2 aromatic carbocycles. The third kappa shape index (κ3) is 6.07. The topological polar surface area (TPSA) is 81.4 Å². The summed E-state index contributed by atoms with van der Waals surface area (Å²) >= 11 is 0. The summed E-state index contributed by atoms with van der Waals surface area (Å²) in [5.74, 6) is 1.75. The lowest BCUT2D eigenvalue weighted by atomic mass is 10.1. The number of benzene rings is 2. The number of hydrogen-bond acceptors (Lipinski definition) is 6. The molecule has 0 aliphatic rings. The van der Waals surface area contributed by atoms with Gasteiger partial charge in [0.15, 0.2) is 0 Å². The van der Waals surface area contributed by atoms with Gasteiger partial charge in [-0.15, -0.1) is 0 Å². The predicted octanol–water partition coefficient (Wildman–Crippen LogP) is 5.00. The first-order chi connectivity index (χ1) is 16.6. The number of amides is 1. The van der Waals surface area contributed by atoms with Gasteiger partial charge in [-0.25, -0.2) is 0 Å². The van der Waals surface area contributed by atoms with E-state index in [4.69, 9.17) is 9.26 Å². The summed E-state index contributed by atoms with van der Waals surface area (Å²) in [7, 11) is 0. The number of hydrogen-bond donors (Lipinski definition) is 0. The Labute approximate surface area is 199 Å². The molecule has 0 saturated carbocycles.